The lowest BCUT2D eigenvalue weighted by atomic mass is 9.96. The predicted molar refractivity (Wildman–Crippen MR) is 96.9 cm³/mol. The highest BCUT2D eigenvalue weighted by Crippen LogP contribution is 2.21. The van der Waals surface area contributed by atoms with Crippen molar-refractivity contribution in [3.8, 4) is 6.07 Å². The molecule has 130 valence electrons. The molecule has 24 heavy (non-hydrogen) atoms. The Morgan fingerprint density at radius 2 is 2.08 bits per heavy atom. The summed E-state index contributed by atoms with van der Waals surface area (Å²) in [6.07, 6.45) is 2.31. The summed E-state index contributed by atoms with van der Waals surface area (Å²) in [6.45, 7) is 6.65. The molecule has 1 atom stereocenters. The lowest BCUT2D eigenvalue weighted by Crippen LogP contribution is -2.44. The standard InChI is InChI=1S/C19H28N4O/c1-16(6-7-19(24)21-9-8-20)14-17-4-3-5-18(15-17)23-12-10-22(2)11-13-23/h3-5,15-16H,6-7,9-14H2,1-2H3,(H,21,24). The number of nitriles is 1. The van der Waals surface area contributed by atoms with Gasteiger partial charge in [-0.15, -0.1) is 0 Å². The highest BCUT2D eigenvalue weighted by atomic mass is 16.1. The molecule has 2 rings (SSSR count). The van der Waals surface area contributed by atoms with Crippen LogP contribution in [0, 0.1) is 17.2 Å². The lowest BCUT2D eigenvalue weighted by Gasteiger charge is -2.34. The Balaban J connectivity index is 1.83. The molecule has 0 bridgehead atoms. The first-order chi connectivity index (χ1) is 11.6. The van der Waals surface area contributed by atoms with Gasteiger partial charge in [-0.05, 0) is 43.5 Å². The summed E-state index contributed by atoms with van der Waals surface area (Å²) in [5.74, 6) is 0.412. The lowest BCUT2D eigenvalue weighted by molar-refractivity contribution is -0.121. The van der Waals surface area contributed by atoms with Crippen LogP contribution in [0.15, 0.2) is 24.3 Å². The van der Waals surface area contributed by atoms with E-state index in [1.165, 1.54) is 11.3 Å². The minimum Gasteiger partial charge on any atom is -0.369 e. The Bertz CT molecular complexity index is 573. The summed E-state index contributed by atoms with van der Waals surface area (Å²) >= 11 is 0. The summed E-state index contributed by atoms with van der Waals surface area (Å²) in [6, 6.07) is 10.7. The van der Waals surface area contributed by atoms with Crippen LogP contribution in [0.25, 0.3) is 0 Å². The van der Waals surface area contributed by atoms with Crippen molar-refractivity contribution in [1.82, 2.24) is 10.2 Å². The van der Waals surface area contributed by atoms with Crippen molar-refractivity contribution in [2.75, 3.05) is 44.7 Å². The van der Waals surface area contributed by atoms with Gasteiger partial charge in [-0.1, -0.05) is 19.1 Å². The molecule has 5 heteroatoms. The van der Waals surface area contributed by atoms with Crippen molar-refractivity contribution >= 4 is 11.6 Å². The minimum atomic E-state index is -0.0328. The second-order valence-corrected chi connectivity index (χ2v) is 6.74. The van der Waals surface area contributed by atoms with Crippen molar-refractivity contribution in [3.05, 3.63) is 29.8 Å². The van der Waals surface area contributed by atoms with Gasteiger partial charge in [-0.3, -0.25) is 4.79 Å². The fraction of sp³-hybridized carbons (Fsp3) is 0.579. The van der Waals surface area contributed by atoms with E-state index in [0.29, 0.717) is 12.3 Å². The molecule has 1 unspecified atom stereocenters. The molecular weight excluding hydrogens is 300 g/mol. The third-order valence-electron chi connectivity index (χ3n) is 4.59. The maximum atomic E-state index is 11.6. The highest BCUT2D eigenvalue weighted by Gasteiger charge is 2.15. The maximum absolute atomic E-state index is 11.6. The van der Waals surface area contributed by atoms with Gasteiger partial charge in [-0.25, -0.2) is 0 Å². The molecule has 1 aliphatic heterocycles. The first-order valence-corrected chi connectivity index (χ1v) is 8.74. The van der Waals surface area contributed by atoms with E-state index in [4.69, 9.17) is 5.26 Å². The Hall–Kier alpha value is -2.06. The summed E-state index contributed by atoms with van der Waals surface area (Å²) < 4.78 is 0. The number of amides is 1. The highest BCUT2D eigenvalue weighted by molar-refractivity contribution is 5.76. The fourth-order valence-corrected chi connectivity index (χ4v) is 3.05. The molecule has 1 N–H and O–H groups in total. The zero-order valence-corrected chi connectivity index (χ0v) is 14.8. The Morgan fingerprint density at radius 1 is 1.33 bits per heavy atom. The van der Waals surface area contributed by atoms with Gasteiger partial charge < -0.3 is 15.1 Å². The number of nitrogens with zero attached hydrogens (tertiary/aromatic N) is 3. The number of nitrogens with one attached hydrogen (secondary N) is 1. The summed E-state index contributed by atoms with van der Waals surface area (Å²) in [5.41, 5.74) is 2.64. The smallest absolute Gasteiger partial charge is 0.220 e. The van der Waals surface area contributed by atoms with E-state index < -0.39 is 0 Å². The number of likely N-dealkylation sites (N-methyl/N-ethyl adjacent to an activating group) is 1. The second kappa shape index (κ2) is 9.29. The number of carbonyl (C=O) groups excluding carboxylic acids is 1. The zero-order chi connectivity index (χ0) is 17.4. The molecule has 5 nitrogen and oxygen atoms in total. The van der Waals surface area contributed by atoms with Gasteiger partial charge in [-0.2, -0.15) is 5.26 Å². The van der Waals surface area contributed by atoms with Gasteiger partial charge in [0.15, 0.2) is 0 Å². The Morgan fingerprint density at radius 3 is 2.79 bits per heavy atom. The average Bonchev–Trinajstić information content (AvgIpc) is 2.59. The van der Waals surface area contributed by atoms with E-state index in [2.05, 4.69) is 53.4 Å². The van der Waals surface area contributed by atoms with Gasteiger partial charge >= 0.3 is 0 Å². The van der Waals surface area contributed by atoms with Crippen molar-refractivity contribution in [1.29, 1.82) is 5.26 Å². The third-order valence-corrected chi connectivity index (χ3v) is 4.59. The van der Waals surface area contributed by atoms with Crippen molar-refractivity contribution in [2.24, 2.45) is 5.92 Å². The van der Waals surface area contributed by atoms with E-state index in [0.717, 1.165) is 39.0 Å². The van der Waals surface area contributed by atoms with Crippen LogP contribution in [0.2, 0.25) is 0 Å². The second-order valence-electron chi connectivity index (χ2n) is 6.74. The minimum absolute atomic E-state index is 0.0328. The van der Waals surface area contributed by atoms with Crippen LogP contribution in [-0.4, -0.2) is 50.6 Å². The Kier molecular flexibility index (Phi) is 7.07. The van der Waals surface area contributed by atoms with E-state index in [1.807, 2.05) is 6.07 Å². The Labute approximate surface area is 145 Å². The summed E-state index contributed by atoms with van der Waals surface area (Å²) in [4.78, 5) is 16.4. The largest absolute Gasteiger partial charge is 0.369 e. The van der Waals surface area contributed by atoms with Crippen LogP contribution >= 0.6 is 0 Å². The van der Waals surface area contributed by atoms with Gasteiger partial charge in [0.2, 0.25) is 5.91 Å². The molecule has 0 aromatic heterocycles. The molecule has 0 radical (unpaired) electrons. The predicted octanol–water partition coefficient (Wildman–Crippen LogP) is 2.04. The van der Waals surface area contributed by atoms with Crippen LogP contribution in [0.1, 0.15) is 25.3 Å². The van der Waals surface area contributed by atoms with E-state index in [-0.39, 0.29) is 12.5 Å². The van der Waals surface area contributed by atoms with E-state index in [1.54, 1.807) is 0 Å². The number of hydrogen-bond donors (Lipinski definition) is 1. The number of rotatable bonds is 7. The zero-order valence-electron chi connectivity index (χ0n) is 14.8. The molecule has 0 saturated carbocycles. The van der Waals surface area contributed by atoms with Crippen molar-refractivity contribution in [2.45, 2.75) is 26.2 Å². The molecule has 0 spiro atoms. The van der Waals surface area contributed by atoms with E-state index in [9.17, 15) is 4.79 Å². The molecule has 1 amide bonds. The van der Waals surface area contributed by atoms with E-state index >= 15 is 0 Å². The molecule has 1 aliphatic rings. The van der Waals surface area contributed by atoms with Gasteiger partial charge in [0, 0.05) is 38.3 Å². The van der Waals surface area contributed by atoms with Gasteiger partial charge in [0.1, 0.15) is 6.54 Å². The van der Waals surface area contributed by atoms with Crippen LogP contribution in [-0.2, 0) is 11.2 Å². The number of hydrogen-bond acceptors (Lipinski definition) is 4. The summed E-state index contributed by atoms with van der Waals surface area (Å²) in [5, 5.41) is 11.1. The van der Waals surface area contributed by atoms with Crippen LogP contribution in [0.4, 0.5) is 5.69 Å². The normalized spacial score (nSPS) is 16.5. The molecular formula is C19H28N4O. The molecule has 1 saturated heterocycles. The molecule has 1 aromatic rings. The molecule has 0 aliphatic carbocycles. The molecule has 1 aromatic carbocycles. The van der Waals surface area contributed by atoms with Gasteiger partial charge in [0.05, 0.1) is 6.07 Å². The average molecular weight is 328 g/mol. The van der Waals surface area contributed by atoms with Crippen molar-refractivity contribution in [3.63, 3.8) is 0 Å². The van der Waals surface area contributed by atoms with Crippen molar-refractivity contribution < 1.29 is 4.79 Å². The van der Waals surface area contributed by atoms with Crippen LogP contribution < -0.4 is 10.2 Å². The maximum Gasteiger partial charge on any atom is 0.220 e. The first-order valence-electron chi connectivity index (χ1n) is 8.74. The number of benzene rings is 1. The van der Waals surface area contributed by atoms with Crippen LogP contribution in [0.3, 0.4) is 0 Å². The third kappa shape index (κ3) is 5.86. The monoisotopic (exact) mass is 328 g/mol. The first kappa shape index (κ1) is 18.3. The van der Waals surface area contributed by atoms with Gasteiger partial charge in [0.25, 0.3) is 0 Å². The van der Waals surface area contributed by atoms with Crippen LogP contribution in [0.5, 0.6) is 0 Å². The quantitative estimate of drug-likeness (QED) is 0.778. The molecule has 1 heterocycles. The number of anilines is 1. The number of piperazine rings is 1. The topological polar surface area (TPSA) is 59.4 Å². The molecule has 1 fully saturated rings. The fourth-order valence-electron chi connectivity index (χ4n) is 3.05. The number of carbonyl (C=O) groups is 1. The summed E-state index contributed by atoms with van der Waals surface area (Å²) in [7, 11) is 2.17. The SMILES string of the molecule is CC(CCC(=O)NCC#N)Cc1cccc(N2CCN(C)CC2)c1.